The Morgan fingerprint density at radius 1 is 1.11 bits per heavy atom. The summed E-state index contributed by atoms with van der Waals surface area (Å²) in [6.07, 6.45) is 2.19. The number of hydrogen-bond acceptors (Lipinski definition) is 2. The van der Waals surface area contributed by atoms with Crippen LogP contribution >= 0.6 is 11.3 Å². The monoisotopic (exact) mass is 273 g/mol. The molecule has 0 spiro atoms. The van der Waals surface area contributed by atoms with Gasteiger partial charge < -0.3 is 5.32 Å². The molecule has 0 fully saturated rings. The second-order valence-electron chi connectivity index (χ2n) is 4.96. The highest BCUT2D eigenvalue weighted by atomic mass is 32.1. The summed E-state index contributed by atoms with van der Waals surface area (Å²) in [6.45, 7) is 7.57. The Hall–Kier alpha value is -1.12. The fourth-order valence-corrected chi connectivity index (χ4v) is 3.48. The van der Waals surface area contributed by atoms with Crippen LogP contribution in [0.25, 0.3) is 0 Å². The van der Waals surface area contributed by atoms with Gasteiger partial charge in [0.05, 0.1) is 0 Å². The zero-order valence-corrected chi connectivity index (χ0v) is 12.9. The summed E-state index contributed by atoms with van der Waals surface area (Å²) in [5.41, 5.74) is 4.23. The second-order valence-corrected chi connectivity index (χ2v) is 5.91. The standard InChI is InChI=1S/C17H23NS/c1-4-15-10-11-19-17(15)16(18-5-2)12-14-8-6-13(3)7-9-14/h6-11,16,18H,4-5,12H2,1-3H3. The van der Waals surface area contributed by atoms with Crippen LogP contribution in [0, 0.1) is 6.92 Å². The van der Waals surface area contributed by atoms with Crippen LogP contribution in [0.2, 0.25) is 0 Å². The van der Waals surface area contributed by atoms with Crippen molar-refractivity contribution in [3.63, 3.8) is 0 Å². The number of likely N-dealkylation sites (N-methyl/N-ethyl adjacent to an activating group) is 1. The van der Waals surface area contributed by atoms with Crippen molar-refractivity contribution in [3.8, 4) is 0 Å². The summed E-state index contributed by atoms with van der Waals surface area (Å²) in [6, 6.07) is 11.6. The summed E-state index contributed by atoms with van der Waals surface area (Å²) in [5.74, 6) is 0. The van der Waals surface area contributed by atoms with Crippen LogP contribution in [0.1, 0.15) is 41.5 Å². The average molecular weight is 273 g/mol. The van der Waals surface area contributed by atoms with Crippen molar-refractivity contribution >= 4 is 11.3 Å². The van der Waals surface area contributed by atoms with Gasteiger partial charge in [-0.15, -0.1) is 11.3 Å². The molecule has 2 heteroatoms. The highest BCUT2D eigenvalue weighted by Gasteiger charge is 2.15. The molecule has 0 aliphatic rings. The van der Waals surface area contributed by atoms with Crippen LogP contribution in [0.15, 0.2) is 35.7 Å². The van der Waals surface area contributed by atoms with Gasteiger partial charge >= 0.3 is 0 Å². The van der Waals surface area contributed by atoms with E-state index in [1.54, 1.807) is 0 Å². The first kappa shape index (κ1) is 14.3. The third-order valence-corrected chi connectivity index (χ3v) is 4.56. The lowest BCUT2D eigenvalue weighted by atomic mass is 10.0. The Labute approximate surface area is 120 Å². The largest absolute Gasteiger partial charge is 0.309 e. The maximum atomic E-state index is 3.63. The lowest BCUT2D eigenvalue weighted by Gasteiger charge is -2.18. The van der Waals surface area contributed by atoms with Crippen molar-refractivity contribution in [2.45, 2.75) is 39.7 Å². The molecule has 2 rings (SSSR count). The number of aryl methyl sites for hydroxylation is 2. The molecule has 0 radical (unpaired) electrons. The SMILES string of the molecule is CCNC(Cc1ccc(C)cc1)c1sccc1CC. The molecule has 1 unspecified atom stereocenters. The Kier molecular flexibility index (Phi) is 5.17. The van der Waals surface area contributed by atoms with Crippen LogP contribution in [0.4, 0.5) is 0 Å². The molecule has 0 aliphatic heterocycles. The van der Waals surface area contributed by atoms with Crippen LogP contribution in [-0.4, -0.2) is 6.54 Å². The first-order valence-electron chi connectivity index (χ1n) is 7.09. The molecule has 0 saturated carbocycles. The molecule has 2 aromatic rings. The van der Waals surface area contributed by atoms with E-state index in [9.17, 15) is 0 Å². The van der Waals surface area contributed by atoms with E-state index in [1.165, 1.54) is 21.6 Å². The molecule has 1 aromatic carbocycles. The van der Waals surface area contributed by atoms with E-state index < -0.39 is 0 Å². The molecule has 0 bridgehead atoms. The molecule has 1 N–H and O–H groups in total. The van der Waals surface area contributed by atoms with E-state index in [0.29, 0.717) is 6.04 Å². The molecule has 0 amide bonds. The number of thiophene rings is 1. The first-order valence-corrected chi connectivity index (χ1v) is 7.97. The Morgan fingerprint density at radius 2 is 1.84 bits per heavy atom. The van der Waals surface area contributed by atoms with Gasteiger partial charge in [0.15, 0.2) is 0 Å². The molecule has 1 nitrogen and oxygen atoms in total. The number of benzene rings is 1. The lowest BCUT2D eigenvalue weighted by Crippen LogP contribution is -2.23. The van der Waals surface area contributed by atoms with Crippen molar-refractivity contribution in [3.05, 3.63) is 57.3 Å². The summed E-state index contributed by atoms with van der Waals surface area (Å²) in [4.78, 5) is 1.50. The molecule has 1 aromatic heterocycles. The summed E-state index contributed by atoms with van der Waals surface area (Å²) in [5, 5.41) is 5.85. The number of nitrogens with one attached hydrogen (secondary N) is 1. The van der Waals surface area contributed by atoms with Crippen molar-refractivity contribution in [2.24, 2.45) is 0 Å². The van der Waals surface area contributed by atoms with Crippen molar-refractivity contribution in [1.82, 2.24) is 5.32 Å². The van der Waals surface area contributed by atoms with Gasteiger partial charge in [-0.25, -0.2) is 0 Å². The second kappa shape index (κ2) is 6.88. The van der Waals surface area contributed by atoms with E-state index in [1.807, 2.05) is 11.3 Å². The summed E-state index contributed by atoms with van der Waals surface area (Å²) >= 11 is 1.88. The fraction of sp³-hybridized carbons (Fsp3) is 0.412. The molecular formula is C17H23NS. The van der Waals surface area contributed by atoms with E-state index in [-0.39, 0.29) is 0 Å². The van der Waals surface area contributed by atoms with Gasteiger partial charge in [0.2, 0.25) is 0 Å². The maximum Gasteiger partial charge on any atom is 0.0458 e. The molecular weight excluding hydrogens is 250 g/mol. The maximum absolute atomic E-state index is 3.63. The van der Waals surface area contributed by atoms with Crippen molar-refractivity contribution in [2.75, 3.05) is 6.54 Å². The van der Waals surface area contributed by atoms with Crippen LogP contribution in [0.5, 0.6) is 0 Å². The van der Waals surface area contributed by atoms with Gasteiger partial charge in [0, 0.05) is 10.9 Å². The quantitative estimate of drug-likeness (QED) is 0.816. The van der Waals surface area contributed by atoms with Gasteiger partial charge in [0.25, 0.3) is 0 Å². The highest BCUT2D eigenvalue weighted by Crippen LogP contribution is 2.27. The minimum absolute atomic E-state index is 0.447. The van der Waals surface area contributed by atoms with Gasteiger partial charge in [-0.2, -0.15) is 0 Å². The number of hydrogen-bond donors (Lipinski definition) is 1. The molecule has 102 valence electrons. The minimum atomic E-state index is 0.447. The van der Waals surface area contributed by atoms with Crippen LogP contribution in [0.3, 0.4) is 0 Å². The smallest absolute Gasteiger partial charge is 0.0458 e. The lowest BCUT2D eigenvalue weighted by molar-refractivity contribution is 0.554. The minimum Gasteiger partial charge on any atom is -0.309 e. The van der Waals surface area contributed by atoms with Gasteiger partial charge in [-0.3, -0.25) is 0 Å². The van der Waals surface area contributed by atoms with Crippen LogP contribution < -0.4 is 5.32 Å². The zero-order chi connectivity index (χ0) is 13.7. The highest BCUT2D eigenvalue weighted by molar-refractivity contribution is 7.10. The van der Waals surface area contributed by atoms with Crippen molar-refractivity contribution in [1.29, 1.82) is 0 Å². The molecule has 0 aliphatic carbocycles. The normalized spacial score (nSPS) is 12.6. The predicted octanol–water partition coefficient (Wildman–Crippen LogP) is 4.51. The molecule has 1 atom stereocenters. The summed E-state index contributed by atoms with van der Waals surface area (Å²) in [7, 11) is 0. The third kappa shape index (κ3) is 3.68. The molecule has 19 heavy (non-hydrogen) atoms. The Bertz CT molecular complexity index is 498. The van der Waals surface area contributed by atoms with Gasteiger partial charge in [-0.1, -0.05) is 43.7 Å². The third-order valence-electron chi connectivity index (χ3n) is 3.49. The van der Waals surface area contributed by atoms with E-state index in [0.717, 1.165) is 19.4 Å². The Balaban J connectivity index is 2.18. The van der Waals surface area contributed by atoms with Gasteiger partial charge in [-0.05, 0) is 48.9 Å². The topological polar surface area (TPSA) is 12.0 Å². The predicted molar refractivity (Wildman–Crippen MR) is 85.0 cm³/mol. The van der Waals surface area contributed by atoms with E-state index in [4.69, 9.17) is 0 Å². The molecule has 1 heterocycles. The molecule has 0 saturated heterocycles. The average Bonchev–Trinajstić information content (AvgIpc) is 2.89. The fourth-order valence-electron chi connectivity index (χ4n) is 2.41. The number of rotatable bonds is 6. The first-order chi connectivity index (χ1) is 9.24. The van der Waals surface area contributed by atoms with Crippen molar-refractivity contribution < 1.29 is 0 Å². The van der Waals surface area contributed by atoms with Gasteiger partial charge in [0.1, 0.15) is 0 Å². The van der Waals surface area contributed by atoms with Crippen LogP contribution in [-0.2, 0) is 12.8 Å². The van der Waals surface area contributed by atoms with E-state index in [2.05, 4.69) is 61.8 Å². The van der Waals surface area contributed by atoms with E-state index >= 15 is 0 Å². The Morgan fingerprint density at radius 3 is 2.47 bits per heavy atom. The zero-order valence-electron chi connectivity index (χ0n) is 12.1. The summed E-state index contributed by atoms with van der Waals surface area (Å²) < 4.78 is 0.